The molecular weight excluding hydrogens is 188 g/mol. The second kappa shape index (κ2) is 6.67. The SMILES string of the molecule is CN(C)CCCNC(N)=NCC1CCC1. The topological polar surface area (TPSA) is 53.6 Å². The Morgan fingerprint density at radius 2 is 2.20 bits per heavy atom. The molecular formula is C11H24N4. The monoisotopic (exact) mass is 212 g/mol. The van der Waals surface area contributed by atoms with Crippen molar-refractivity contribution in [1.82, 2.24) is 10.2 Å². The summed E-state index contributed by atoms with van der Waals surface area (Å²) < 4.78 is 0. The van der Waals surface area contributed by atoms with Crippen molar-refractivity contribution in [3.8, 4) is 0 Å². The lowest BCUT2D eigenvalue weighted by Crippen LogP contribution is -2.34. The molecule has 4 heteroatoms. The maximum atomic E-state index is 5.74. The molecule has 0 spiro atoms. The fourth-order valence-electron chi connectivity index (χ4n) is 1.57. The largest absolute Gasteiger partial charge is 0.370 e. The molecule has 0 atom stereocenters. The van der Waals surface area contributed by atoms with E-state index in [9.17, 15) is 0 Å². The minimum atomic E-state index is 0.612. The van der Waals surface area contributed by atoms with Gasteiger partial charge in [-0.3, -0.25) is 4.99 Å². The molecule has 0 heterocycles. The third kappa shape index (κ3) is 5.62. The van der Waals surface area contributed by atoms with Crippen LogP contribution in [0.5, 0.6) is 0 Å². The molecule has 15 heavy (non-hydrogen) atoms. The molecule has 0 bridgehead atoms. The van der Waals surface area contributed by atoms with Gasteiger partial charge in [0.15, 0.2) is 5.96 Å². The summed E-state index contributed by atoms with van der Waals surface area (Å²) in [5.41, 5.74) is 5.74. The molecule has 0 aliphatic heterocycles. The summed E-state index contributed by atoms with van der Waals surface area (Å²) in [6, 6.07) is 0. The Hall–Kier alpha value is -0.770. The standard InChI is InChI=1S/C11H24N4/c1-15(2)8-4-7-13-11(12)14-9-10-5-3-6-10/h10H,3-9H2,1-2H3,(H3,12,13,14). The van der Waals surface area contributed by atoms with Crippen molar-refractivity contribution < 1.29 is 0 Å². The highest BCUT2D eigenvalue weighted by Crippen LogP contribution is 2.26. The minimum absolute atomic E-state index is 0.612. The van der Waals surface area contributed by atoms with Crippen LogP contribution in [-0.4, -0.2) is 44.6 Å². The predicted molar refractivity (Wildman–Crippen MR) is 65.0 cm³/mol. The summed E-state index contributed by atoms with van der Waals surface area (Å²) in [7, 11) is 4.15. The van der Waals surface area contributed by atoms with Gasteiger partial charge in [0, 0.05) is 13.1 Å². The number of aliphatic imine (C=N–C) groups is 1. The summed E-state index contributed by atoms with van der Waals surface area (Å²) >= 11 is 0. The van der Waals surface area contributed by atoms with Gasteiger partial charge in [-0.25, -0.2) is 0 Å². The van der Waals surface area contributed by atoms with Crippen LogP contribution in [0.15, 0.2) is 4.99 Å². The van der Waals surface area contributed by atoms with E-state index >= 15 is 0 Å². The summed E-state index contributed by atoms with van der Waals surface area (Å²) in [5, 5.41) is 3.14. The minimum Gasteiger partial charge on any atom is -0.370 e. The van der Waals surface area contributed by atoms with Crippen LogP contribution in [0.3, 0.4) is 0 Å². The molecule has 0 aromatic carbocycles. The van der Waals surface area contributed by atoms with Crippen molar-refractivity contribution in [3.63, 3.8) is 0 Å². The third-order valence-corrected chi connectivity index (χ3v) is 2.83. The average Bonchev–Trinajstić information content (AvgIpc) is 2.09. The van der Waals surface area contributed by atoms with Crippen LogP contribution in [-0.2, 0) is 0 Å². The Bertz CT molecular complexity index is 197. The normalized spacial score (nSPS) is 17.9. The Morgan fingerprint density at radius 1 is 1.47 bits per heavy atom. The van der Waals surface area contributed by atoms with Gasteiger partial charge in [0.1, 0.15) is 0 Å². The quantitative estimate of drug-likeness (QED) is 0.386. The first-order chi connectivity index (χ1) is 7.18. The van der Waals surface area contributed by atoms with Crippen molar-refractivity contribution in [2.45, 2.75) is 25.7 Å². The smallest absolute Gasteiger partial charge is 0.188 e. The number of nitrogens with zero attached hydrogens (tertiary/aromatic N) is 2. The first-order valence-corrected chi connectivity index (χ1v) is 5.87. The van der Waals surface area contributed by atoms with Crippen LogP contribution in [0.4, 0.5) is 0 Å². The van der Waals surface area contributed by atoms with Crippen molar-refractivity contribution >= 4 is 5.96 Å². The lowest BCUT2D eigenvalue weighted by Gasteiger charge is -2.23. The Balaban J connectivity index is 1.98. The molecule has 1 fully saturated rings. The van der Waals surface area contributed by atoms with Gasteiger partial charge in [-0.1, -0.05) is 6.42 Å². The lowest BCUT2D eigenvalue weighted by molar-refractivity contribution is 0.326. The van der Waals surface area contributed by atoms with Gasteiger partial charge >= 0.3 is 0 Å². The molecule has 3 N–H and O–H groups in total. The fraction of sp³-hybridized carbons (Fsp3) is 0.909. The van der Waals surface area contributed by atoms with Gasteiger partial charge in [-0.05, 0) is 45.8 Å². The highest BCUT2D eigenvalue weighted by Gasteiger charge is 2.16. The third-order valence-electron chi connectivity index (χ3n) is 2.83. The van der Waals surface area contributed by atoms with E-state index in [1.807, 2.05) is 0 Å². The van der Waals surface area contributed by atoms with Crippen LogP contribution in [0.25, 0.3) is 0 Å². The van der Waals surface area contributed by atoms with Crippen molar-refractivity contribution in [3.05, 3.63) is 0 Å². The summed E-state index contributed by atoms with van der Waals surface area (Å²) in [4.78, 5) is 6.50. The highest BCUT2D eigenvalue weighted by molar-refractivity contribution is 5.77. The number of guanidine groups is 1. The van der Waals surface area contributed by atoms with Gasteiger partial charge in [-0.15, -0.1) is 0 Å². The van der Waals surface area contributed by atoms with E-state index in [4.69, 9.17) is 5.73 Å². The van der Waals surface area contributed by atoms with Crippen LogP contribution < -0.4 is 11.1 Å². The number of nitrogens with one attached hydrogen (secondary N) is 1. The molecule has 0 unspecified atom stereocenters. The molecule has 1 aliphatic carbocycles. The molecule has 88 valence electrons. The zero-order chi connectivity index (χ0) is 11.1. The molecule has 0 amide bonds. The molecule has 0 radical (unpaired) electrons. The van der Waals surface area contributed by atoms with Gasteiger partial charge in [0.25, 0.3) is 0 Å². The molecule has 1 saturated carbocycles. The van der Waals surface area contributed by atoms with E-state index < -0.39 is 0 Å². The Morgan fingerprint density at radius 3 is 2.73 bits per heavy atom. The van der Waals surface area contributed by atoms with Crippen LogP contribution >= 0.6 is 0 Å². The van der Waals surface area contributed by atoms with Gasteiger partial charge < -0.3 is 16.0 Å². The first-order valence-electron chi connectivity index (χ1n) is 5.87. The van der Waals surface area contributed by atoms with E-state index in [1.165, 1.54) is 19.3 Å². The van der Waals surface area contributed by atoms with Crippen LogP contribution in [0.2, 0.25) is 0 Å². The van der Waals surface area contributed by atoms with Gasteiger partial charge in [0.2, 0.25) is 0 Å². The molecule has 1 aliphatic rings. The van der Waals surface area contributed by atoms with E-state index in [0.29, 0.717) is 5.96 Å². The number of hydrogen-bond acceptors (Lipinski definition) is 2. The highest BCUT2D eigenvalue weighted by atomic mass is 15.1. The second-order valence-corrected chi connectivity index (χ2v) is 4.61. The zero-order valence-corrected chi connectivity index (χ0v) is 10.00. The maximum Gasteiger partial charge on any atom is 0.188 e. The van der Waals surface area contributed by atoms with E-state index in [1.54, 1.807) is 0 Å². The summed E-state index contributed by atoms with van der Waals surface area (Å²) in [6.07, 6.45) is 5.14. The Kier molecular flexibility index (Phi) is 5.47. The van der Waals surface area contributed by atoms with E-state index in [0.717, 1.165) is 32.0 Å². The van der Waals surface area contributed by atoms with Gasteiger partial charge in [0.05, 0.1) is 0 Å². The van der Waals surface area contributed by atoms with Crippen LogP contribution in [0, 0.1) is 5.92 Å². The van der Waals surface area contributed by atoms with E-state index in [2.05, 4.69) is 29.3 Å². The van der Waals surface area contributed by atoms with E-state index in [-0.39, 0.29) is 0 Å². The van der Waals surface area contributed by atoms with Crippen molar-refractivity contribution in [2.75, 3.05) is 33.7 Å². The zero-order valence-electron chi connectivity index (χ0n) is 10.00. The molecule has 1 rings (SSSR count). The van der Waals surface area contributed by atoms with Crippen molar-refractivity contribution in [1.29, 1.82) is 0 Å². The molecule has 0 saturated heterocycles. The molecule has 4 nitrogen and oxygen atoms in total. The van der Waals surface area contributed by atoms with Crippen molar-refractivity contribution in [2.24, 2.45) is 16.6 Å². The number of hydrogen-bond donors (Lipinski definition) is 2. The number of rotatable bonds is 6. The average molecular weight is 212 g/mol. The molecule has 0 aromatic heterocycles. The maximum absolute atomic E-state index is 5.74. The van der Waals surface area contributed by atoms with Gasteiger partial charge in [-0.2, -0.15) is 0 Å². The lowest BCUT2D eigenvalue weighted by atomic mass is 9.86. The predicted octanol–water partition coefficient (Wildman–Crippen LogP) is 0.643. The fourth-order valence-corrected chi connectivity index (χ4v) is 1.57. The first kappa shape index (κ1) is 12.3. The summed E-state index contributed by atoms with van der Waals surface area (Å²) in [5.74, 6) is 1.41. The summed E-state index contributed by atoms with van der Waals surface area (Å²) in [6.45, 7) is 2.91. The number of nitrogens with two attached hydrogens (primary N) is 1. The molecule has 0 aromatic rings. The van der Waals surface area contributed by atoms with Crippen LogP contribution in [0.1, 0.15) is 25.7 Å². The Labute approximate surface area is 92.9 Å². The second-order valence-electron chi connectivity index (χ2n) is 4.61.